The average molecular weight is 178 g/mol. The molecule has 68 valence electrons. The Morgan fingerprint density at radius 1 is 1.69 bits per heavy atom. The van der Waals surface area contributed by atoms with E-state index < -0.39 is 0 Å². The lowest BCUT2D eigenvalue weighted by molar-refractivity contribution is 0.245. The van der Waals surface area contributed by atoms with Crippen molar-refractivity contribution in [3.63, 3.8) is 0 Å². The van der Waals surface area contributed by atoms with Crippen LogP contribution in [0.1, 0.15) is 6.92 Å². The maximum Gasteiger partial charge on any atom is 0.330 e. The van der Waals surface area contributed by atoms with Crippen molar-refractivity contribution in [2.45, 2.75) is 6.92 Å². The van der Waals surface area contributed by atoms with E-state index >= 15 is 0 Å². The van der Waals surface area contributed by atoms with Crippen molar-refractivity contribution in [3.8, 4) is 0 Å². The van der Waals surface area contributed by atoms with Gasteiger partial charge in [-0.3, -0.25) is 9.56 Å². The Morgan fingerprint density at radius 2 is 2.54 bits per heavy atom. The maximum absolute atomic E-state index is 11.2. The first-order valence-electron chi connectivity index (χ1n) is 3.76. The van der Waals surface area contributed by atoms with E-state index in [2.05, 4.69) is 15.3 Å². The van der Waals surface area contributed by atoms with Crippen LogP contribution >= 0.6 is 0 Å². The minimum Gasteiger partial charge on any atom is -0.312 e. The fraction of sp³-hybridized carbons (Fsp3) is 0.125. The Balaban J connectivity index is 2.43. The van der Waals surface area contributed by atoms with Crippen LogP contribution in [0.4, 0.5) is 4.79 Å². The molecule has 5 nitrogen and oxygen atoms in total. The molecule has 0 radical (unpaired) electrons. The second-order valence-electron chi connectivity index (χ2n) is 2.14. The van der Waals surface area contributed by atoms with Crippen molar-refractivity contribution in [1.29, 1.82) is 0 Å². The van der Waals surface area contributed by atoms with Crippen molar-refractivity contribution in [1.82, 2.24) is 14.9 Å². The van der Waals surface area contributed by atoms with Crippen LogP contribution in [0.25, 0.3) is 0 Å². The first kappa shape index (κ1) is 9.18. The SMILES string of the molecule is C/C=N\C=C/NC(=O)n1ccnc1. The predicted octanol–water partition coefficient (Wildman–Crippen LogP) is 1.00. The lowest BCUT2D eigenvalue weighted by Gasteiger charge is -1.97. The number of nitrogens with one attached hydrogen (secondary N) is 1. The summed E-state index contributed by atoms with van der Waals surface area (Å²) in [6.07, 6.45) is 9.10. The van der Waals surface area contributed by atoms with Crippen LogP contribution in [0, 0.1) is 0 Å². The Morgan fingerprint density at radius 3 is 3.15 bits per heavy atom. The number of aromatic nitrogens is 2. The first-order chi connectivity index (χ1) is 6.34. The molecule has 0 fully saturated rings. The van der Waals surface area contributed by atoms with E-state index in [1.807, 2.05) is 0 Å². The fourth-order valence-electron chi connectivity index (χ4n) is 0.691. The smallest absolute Gasteiger partial charge is 0.312 e. The summed E-state index contributed by atoms with van der Waals surface area (Å²) in [5, 5.41) is 2.51. The second-order valence-corrected chi connectivity index (χ2v) is 2.14. The summed E-state index contributed by atoms with van der Waals surface area (Å²) >= 11 is 0. The minimum atomic E-state index is -0.264. The molecular formula is C8H10N4O. The van der Waals surface area contributed by atoms with Gasteiger partial charge < -0.3 is 5.32 Å². The largest absolute Gasteiger partial charge is 0.330 e. The lowest BCUT2D eigenvalue weighted by atomic mass is 10.8. The summed E-state index contributed by atoms with van der Waals surface area (Å²) in [6, 6.07) is -0.264. The van der Waals surface area contributed by atoms with Crippen LogP contribution < -0.4 is 5.32 Å². The van der Waals surface area contributed by atoms with E-state index in [-0.39, 0.29) is 6.03 Å². The highest BCUT2D eigenvalue weighted by molar-refractivity contribution is 5.77. The molecule has 1 rings (SSSR count). The molecule has 1 amide bonds. The summed E-state index contributed by atoms with van der Waals surface area (Å²) in [4.78, 5) is 18.7. The summed E-state index contributed by atoms with van der Waals surface area (Å²) < 4.78 is 1.33. The molecule has 0 aliphatic rings. The summed E-state index contributed by atoms with van der Waals surface area (Å²) in [5.41, 5.74) is 0. The molecule has 1 N–H and O–H groups in total. The Labute approximate surface area is 75.8 Å². The summed E-state index contributed by atoms with van der Waals surface area (Å²) in [7, 11) is 0. The Hall–Kier alpha value is -1.91. The molecule has 5 heteroatoms. The molecule has 0 bridgehead atoms. The Bertz CT molecular complexity index is 313. The molecule has 0 unspecified atom stereocenters. The van der Waals surface area contributed by atoms with Gasteiger partial charge in [0.25, 0.3) is 0 Å². The molecule has 1 aromatic heterocycles. The number of rotatable bonds is 2. The molecule has 0 aliphatic heterocycles. The van der Waals surface area contributed by atoms with Crippen LogP contribution in [-0.4, -0.2) is 21.8 Å². The number of carbonyl (C=O) groups excluding carboxylic acids is 1. The van der Waals surface area contributed by atoms with Crippen LogP contribution in [0.2, 0.25) is 0 Å². The normalized spacial score (nSPS) is 11.2. The summed E-state index contributed by atoms with van der Waals surface area (Å²) in [5.74, 6) is 0. The van der Waals surface area contributed by atoms with Gasteiger partial charge in [0, 0.05) is 31.0 Å². The van der Waals surface area contributed by atoms with E-state index in [9.17, 15) is 4.79 Å². The van der Waals surface area contributed by atoms with Crippen LogP contribution in [0.5, 0.6) is 0 Å². The predicted molar refractivity (Wildman–Crippen MR) is 49.5 cm³/mol. The highest BCUT2D eigenvalue weighted by Crippen LogP contribution is 1.84. The number of aliphatic imine (C=N–C) groups is 1. The highest BCUT2D eigenvalue weighted by atomic mass is 16.2. The van der Waals surface area contributed by atoms with Gasteiger partial charge in [-0.1, -0.05) is 0 Å². The van der Waals surface area contributed by atoms with Crippen molar-refractivity contribution >= 4 is 12.2 Å². The van der Waals surface area contributed by atoms with Gasteiger partial charge >= 0.3 is 6.03 Å². The van der Waals surface area contributed by atoms with E-state index in [4.69, 9.17) is 0 Å². The van der Waals surface area contributed by atoms with Gasteiger partial charge in [0.2, 0.25) is 0 Å². The number of hydrogen-bond acceptors (Lipinski definition) is 3. The van der Waals surface area contributed by atoms with Gasteiger partial charge in [-0.15, -0.1) is 0 Å². The van der Waals surface area contributed by atoms with Gasteiger partial charge in [-0.2, -0.15) is 0 Å². The second kappa shape index (κ2) is 4.87. The van der Waals surface area contributed by atoms with E-state index in [0.717, 1.165) is 0 Å². The van der Waals surface area contributed by atoms with E-state index in [1.54, 1.807) is 19.3 Å². The van der Waals surface area contributed by atoms with Crippen molar-refractivity contribution in [3.05, 3.63) is 31.1 Å². The van der Waals surface area contributed by atoms with Gasteiger partial charge in [0.1, 0.15) is 6.33 Å². The first-order valence-corrected chi connectivity index (χ1v) is 3.76. The molecule has 0 spiro atoms. The standard InChI is InChI=1S/C8H10N4O/c1-2-9-3-4-11-8(13)12-6-5-10-7-12/h2-7H,1H3,(H,11,13)/b4-3-,9-2-. The molecule has 1 heterocycles. The average Bonchev–Trinajstić information content (AvgIpc) is 2.65. The number of nitrogens with zero attached hydrogens (tertiary/aromatic N) is 3. The van der Waals surface area contributed by atoms with E-state index in [0.29, 0.717) is 0 Å². The van der Waals surface area contributed by atoms with Gasteiger partial charge in [0.15, 0.2) is 0 Å². The third-order valence-electron chi connectivity index (χ3n) is 1.26. The number of imidazole rings is 1. The van der Waals surface area contributed by atoms with Gasteiger partial charge in [-0.25, -0.2) is 9.78 Å². The Kier molecular flexibility index (Phi) is 3.44. The maximum atomic E-state index is 11.2. The quantitative estimate of drug-likeness (QED) is 0.687. The molecule has 0 saturated heterocycles. The minimum absolute atomic E-state index is 0.264. The monoisotopic (exact) mass is 178 g/mol. The van der Waals surface area contributed by atoms with Gasteiger partial charge in [-0.05, 0) is 6.92 Å². The number of carbonyl (C=O) groups is 1. The zero-order valence-corrected chi connectivity index (χ0v) is 7.21. The summed E-state index contributed by atoms with van der Waals surface area (Å²) in [6.45, 7) is 1.79. The molecule has 13 heavy (non-hydrogen) atoms. The molecule has 1 aromatic rings. The number of hydrogen-bond donors (Lipinski definition) is 1. The third-order valence-corrected chi connectivity index (χ3v) is 1.26. The fourth-order valence-corrected chi connectivity index (χ4v) is 0.691. The highest BCUT2D eigenvalue weighted by Gasteiger charge is 1.97. The molecule has 0 saturated carbocycles. The number of amides is 1. The topological polar surface area (TPSA) is 59.3 Å². The molecule has 0 aliphatic carbocycles. The molecule has 0 atom stereocenters. The molecular weight excluding hydrogens is 168 g/mol. The lowest BCUT2D eigenvalue weighted by Crippen LogP contribution is -2.22. The zero-order chi connectivity index (χ0) is 9.52. The van der Waals surface area contributed by atoms with E-state index in [1.165, 1.54) is 29.5 Å². The van der Waals surface area contributed by atoms with Gasteiger partial charge in [0.05, 0.1) is 0 Å². The van der Waals surface area contributed by atoms with Crippen LogP contribution in [-0.2, 0) is 0 Å². The molecule has 0 aromatic carbocycles. The van der Waals surface area contributed by atoms with Crippen LogP contribution in [0.15, 0.2) is 36.1 Å². The third kappa shape index (κ3) is 2.90. The van der Waals surface area contributed by atoms with Crippen molar-refractivity contribution in [2.24, 2.45) is 4.99 Å². The van der Waals surface area contributed by atoms with Crippen molar-refractivity contribution in [2.75, 3.05) is 0 Å². The van der Waals surface area contributed by atoms with Crippen molar-refractivity contribution < 1.29 is 4.79 Å². The van der Waals surface area contributed by atoms with Crippen LogP contribution in [0.3, 0.4) is 0 Å². The zero-order valence-electron chi connectivity index (χ0n) is 7.21.